The molecule has 4 amide bonds. The largest absolute Gasteiger partial charge is 0.464 e. The minimum Gasteiger partial charge on any atom is -0.464 e. The molecule has 0 bridgehead atoms. The van der Waals surface area contributed by atoms with Crippen molar-refractivity contribution in [2.45, 2.75) is 129 Å². The molecule has 0 radical (unpaired) electrons. The van der Waals surface area contributed by atoms with Gasteiger partial charge in [-0.25, -0.2) is 23.9 Å². The summed E-state index contributed by atoms with van der Waals surface area (Å²) in [5.74, 6) is 0.775. The number of fused-ring (bicyclic) bond motifs is 5. The van der Waals surface area contributed by atoms with Crippen LogP contribution in [0.4, 0.5) is 14.0 Å². The van der Waals surface area contributed by atoms with Gasteiger partial charge in [0.1, 0.15) is 35.3 Å². The zero-order valence-electron chi connectivity index (χ0n) is 42.5. The first-order valence-electron chi connectivity index (χ1n) is 25.4. The number of imidazole rings is 2. The third-order valence-electron chi connectivity index (χ3n) is 14.9. The second-order valence-electron chi connectivity index (χ2n) is 20.6. The molecule has 0 spiro atoms. The summed E-state index contributed by atoms with van der Waals surface area (Å²) in [6.45, 7) is 13.1. The van der Waals surface area contributed by atoms with E-state index >= 15 is 4.39 Å². The van der Waals surface area contributed by atoms with Gasteiger partial charge in [-0.3, -0.25) is 14.2 Å². The van der Waals surface area contributed by atoms with E-state index in [1.165, 1.54) is 25.2 Å². The van der Waals surface area contributed by atoms with Crippen molar-refractivity contribution in [2.24, 2.45) is 11.8 Å². The number of amides is 4. The number of thiophene rings is 1. The number of H-pyrrole nitrogens is 2. The van der Waals surface area contributed by atoms with E-state index in [1.54, 1.807) is 28.6 Å². The van der Waals surface area contributed by atoms with Gasteiger partial charge in [-0.2, -0.15) is 0 Å². The fraction of sp³-hybridized carbons (Fsp3) is 0.481. The first-order valence-corrected chi connectivity index (χ1v) is 26.2. The standard InChI is InChI=1S/C54H64FN9O8S/c1-27(2)43-15-16-44(73-43)52-64-38-14-13-31(36-25-56-48(58-36)40-12-10-18-63(40)51(66)47(61-54(68)70-8)34-19-29(5)71-30(6)20-34)21-33(38)23-41(64)45-35(55)22-32(24-42(45)72-52)37-26-57-49(59-37)39-11-9-17-62(39)50(65)46(28(3)4)60-53(67)69-7/h13-16,21-30,34,39-40,46-47,52H,9-12,17-20H2,1-8H3,(H,56,58)(H,57,59)(H,60,67)(H,61,68). The molecule has 2 aromatic carbocycles. The lowest BCUT2D eigenvalue weighted by Crippen LogP contribution is -2.54. The Bertz CT molecular complexity index is 3040. The number of halogens is 1. The number of nitrogens with one attached hydrogen (secondary N) is 4. The molecule has 4 aliphatic heterocycles. The average molecular weight is 1020 g/mol. The highest BCUT2D eigenvalue weighted by molar-refractivity contribution is 7.12. The third kappa shape index (κ3) is 9.57. The van der Waals surface area contributed by atoms with Gasteiger partial charge in [0.05, 0.1) is 83.9 Å². The molecule has 3 saturated heterocycles. The van der Waals surface area contributed by atoms with E-state index in [4.69, 9.17) is 28.9 Å². The number of carbonyl (C=O) groups excluding carboxylic acids is 4. The molecule has 4 N–H and O–H groups in total. The van der Waals surface area contributed by atoms with E-state index in [-0.39, 0.29) is 47.9 Å². The van der Waals surface area contributed by atoms with Gasteiger partial charge in [0.25, 0.3) is 0 Å². The van der Waals surface area contributed by atoms with Crippen LogP contribution in [0.3, 0.4) is 0 Å². The van der Waals surface area contributed by atoms with Gasteiger partial charge in [0.2, 0.25) is 18.0 Å². The van der Waals surface area contributed by atoms with Gasteiger partial charge < -0.3 is 49.3 Å². The molecule has 8 heterocycles. The third-order valence-corrected chi connectivity index (χ3v) is 16.3. The molecule has 386 valence electrons. The van der Waals surface area contributed by atoms with Crippen LogP contribution in [0, 0.1) is 17.7 Å². The number of alkyl carbamates (subject to hydrolysis) is 2. The van der Waals surface area contributed by atoms with Crippen molar-refractivity contribution < 1.29 is 42.5 Å². The van der Waals surface area contributed by atoms with Crippen molar-refractivity contribution in [3.63, 3.8) is 0 Å². The summed E-state index contributed by atoms with van der Waals surface area (Å²) in [4.78, 5) is 75.3. The molecule has 0 aliphatic carbocycles. The minimum absolute atomic E-state index is 0.0516. The quantitative estimate of drug-likeness (QED) is 0.0915. The number of aromatic amines is 2. The Morgan fingerprint density at radius 1 is 0.795 bits per heavy atom. The molecular weight excluding hydrogens is 954 g/mol. The first kappa shape index (κ1) is 49.8. The first-order chi connectivity index (χ1) is 35.1. The molecule has 73 heavy (non-hydrogen) atoms. The number of carbonyl (C=O) groups is 4. The number of ether oxygens (including phenoxy) is 4. The highest BCUT2D eigenvalue weighted by Crippen LogP contribution is 2.49. The van der Waals surface area contributed by atoms with Crippen LogP contribution >= 0.6 is 11.3 Å². The monoisotopic (exact) mass is 1020 g/mol. The highest BCUT2D eigenvalue weighted by atomic mass is 32.1. The summed E-state index contributed by atoms with van der Waals surface area (Å²) in [6.07, 6.45) is 5.63. The van der Waals surface area contributed by atoms with E-state index in [0.717, 1.165) is 39.9 Å². The van der Waals surface area contributed by atoms with E-state index in [1.807, 2.05) is 56.9 Å². The lowest BCUT2D eigenvalue weighted by atomic mass is 9.85. The second-order valence-corrected chi connectivity index (χ2v) is 21.7. The van der Waals surface area contributed by atoms with Gasteiger partial charge in [-0.15, -0.1) is 11.3 Å². The summed E-state index contributed by atoms with van der Waals surface area (Å²) < 4.78 is 41.7. The lowest BCUT2D eigenvalue weighted by Gasteiger charge is -2.38. The van der Waals surface area contributed by atoms with Crippen molar-refractivity contribution in [2.75, 3.05) is 27.3 Å². The van der Waals surface area contributed by atoms with Crippen LogP contribution in [0.1, 0.15) is 126 Å². The van der Waals surface area contributed by atoms with Crippen LogP contribution in [0.5, 0.6) is 5.75 Å². The maximum absolute atomic E-state index is 17.0. The lowest BCUT2D eigenvalue weighted by molar-refractivity contribution is -0.138. The van der Waals surface area contributed by atoms with Gasteiger partial charge in [0, 0.05) is 34.5 Å². The second kappa shape index (κ2) is 20.3. The van der Waals surface area contributed by atoms with Gasteiger partial charge in [0.15, 0.2) is 0 Å². The zero-order chi connectivity index (χ0) is 51.4. The minimum atomic E-state index is -0.774. The number of hydrogen-bond acceptors (Lipinski definition) is 11. The number of benzene rings is 2. The predicted octanol–water partition coefficient (Wildman–Crippen LogP) is 9.99. The molecule has 10 rings (SSSR count). The fourth-order valence-electron chi connectivity index (χ4n) is 11.4. The summed E-state index contributed by atoms with van der Waals surface area (Å²) in [5, 5.41) is 6.43. The molecule has 7 unspecified atom stereocenters. The average Bonchev–Trinajstić information content (AvgIpc) is 4.23. The van der Waals surface area contributed by atoms with E-state index in [9.17, 15) is 19.2 Å². The zero-order valence-corrected chi connectivity index (χ0v) is 43.3. The summed E-state index contributed by atoms with van der Waals surface area (Å²) in [7, 11) is 2.57. The van der Waals surface area contributed by atoms with Crippen molar-refractivity contribution >= 4 is 46.2 Å². The number of rotatable bonds is 12. The predicted molar refractivity (Wildman–Crippen MR) is 273 cm³/mol. The molecule has 7 atom stereocenters. The topological polar surface area (TPSA) is 198 Å². The number of aromatic nitrogens is 5. The molecule has 4 aliphatic rings. The van der Waals surface area contributed by atoms with Crippen molar-refractivity contribution in [1.29, 1.82) is 0 Å². The van der Waals surface area contributed by atoms with E-state index in [2.05, 4.69) is 57.2 Å². The molecule has 19 heteroatoms. The van der Waals surface area contributed by atoms with Crippen molar-refractivity contribution in [1.82, 2.24) is 44.9 Å². The Hall–Kier alpha value is -6.73. The number of likely N-dealkylation sites (tertiary alicyclic amines) is 2. The van der Waals surface area contributed by atoms with Crippen LogP contribution in [0.25, 0.3) is 44.7 Å². The van der Waals surface area contributed by atoms with E-state index < -0.39 is 36.3 Å². The Morgan fingerprint density at radius 3 is 2.04 bits per heavy atom. The molecular formula is C54H64FN9O8S. The maximum Gasteiger partial charge on any atom is 0.407 e. The summed E-state index contributed by atoms with van der Waals surface area (Å²) in [5.41, 5.74) is 4.61. The van der Waals surface area contributed by atoms with E-state index in [0.29, 0.717) is 84.6 Å². The van der Waals surface area contributed by atoms with Gasteiger partial charge >= 0.3 is 12.2 Å². The van der Waals surface area contributed by atoms with Crippen LogP contribution in [0.2, 0.25) is 0 Å². The van der Waals surface area contributed by atoms with Crippen LogP contribution in [-0.4, -0.2) is 110 Å². The molecule has 6 aromatic rings. The SMILES string of the molecule is COC(=O)NC(C(=O)N1CCCC1c1ncc(-c2cc(F)c3c(c2)OC(c2ccc(C(C)C)s2)n2c-3cc3cc(-c4cnc(C5CCCN5C(=O)C(NC(=O)OC)C5CC(C)OC(C)C5)[nH]4)ccc32)[nH]1)C(C)C. The normalized spacial score (nSPS) is 22.5. The van der Waals surface area contributed by atoms with Crippen LogP contribution in [-0.2, 0) is 23.8 Å². The number of methoxy groups -OCH3 is 2. The Labute approximate surface area is 427 Å². The Kier molecular flexibility index (Phi) is 13.9. The smallest absolute Gasteiger partial charge is 0.407 e. The van der Waals surface area contributed by atoms with Crippen LogP contribution < -0.4 is 15.4 Å². The summed E-state index contributed by atoms with van der Waals surface area (Å²) >= 11 is 1.67. The fourth-order valence-corrected chi connectivity index (χ4v) is 12.4. The maximum atomic E-state index is 17.0. The van der Waals surface area contributed by atoms with Gasteiger partial charge in [-0.1, -0.05) is 33.8 Å². The highest BCUT2D eigenvalue weighted by Gasteiger charge is 2.43. The molecule has 0 saturated carbocycles. The number of nitrogens with zero attached hydrogens (tertiary/aromatic N) is 5. The summed E-state index contributed by atoms with van der Waals surface area (Å²) in [6, 6.07) is 13.4. The Balaban J connectivity index is 0.953. The van der Waals surface area contributed by atoms with Crippen LogP contribution in [0.15, 0.2) is 60.9 Å². The molecule has 4 aromatic heterocycles. The van der Waals surface area contributed by atoms with Crippen molar-refractivity contribution in [3.05, 3.63) is 88.1 Å². The van der Waals surface area contributed by atoms with Gasteiger partial charge in [-0.05, 0) is 113 Å². The molecule has 17 nitrogen and oxygen atoms in total. The van der Waals surface area contributed by atoms with Crippen molar-refractivity contribution in [3.8, 4) is 39.5 Å². The Morgan fingerprint density at radius 2 is 1.42 bits per heavy atom. The number of hydrogen-bond donors (Lipinski definition) is 4. The molecule has 3 fully saturated rings.